The van der Waals surface area contributed by atoms with Crippen LogP contribution >= 0.6 is 11.3 Å². The van der Waals surface area contributed by atoms with Gasteiger partial charge in [-0.15, -0.1) is 11.3 Å². The highest BCUT2D eigenvalue weighted by atomic mass is 32.1. The number of hydrogen-bond donors (Lipinski definition) is 1. The van der Waals surface area contributed by atoms with E-state index in [1.807, 2.05) is 35.8 Å². The van der Waals surface area contributed by atoms with Crippen LogP contribution in [-0.4, -0.2) is 30.0 Å². The van der Waals surface area contributed by atoms with Gasteiger partial charge in [0.15, 0.2) is 5.13 Å². The van der Waals surface area contributed by atoms with Crippen molar-refractivity contribution in [3.05, 3.63) is 47.0 Å². The van der Waals surface area contributed by atoms with Gasteiger partial charge in [-0.25, -0.2) is 4.98 Å². The number of rotatable bonds is 3. The minimum absolute atomic E-state index is 0.0106. The molecule has 1 amide bonds. The first kappa shape index (κ1) is 16.0. The molecule has 1 aliphatic heterocycles. The standard InChI is InChI=1S/C18H23N3OS/c1-18(2,3)14-6-4-13(5-7-14)16(22)20-15-8-10-21(12-15)17-19-9-11-23-17/h4-7,9,11,15H,8,10,12H2,1-3H3,(H,20,22). The Kier molecular flexibility index (Phi) is 4.39. The zero-order valence-electron chi connectivity index (χ0n) is 13.9. The Bertz CT molecular complexity index is 659. The zero-order valence-corrected chi connectivity index (χ0v) is 14.7. The molecule has 0 saturated carbocycles. The molecule has 1 atom stereocenters. The number of carbonyl (C=O) groups excluding carboxylic acids is 1. The average molecular weight is 329 g/mol. The molecule has 0 spiro atoms. The number of thiazole rings is 1. The van der Waals surface area contributed by atoms with E-state index >= 15 is 0 Å². The molecule has 2 aromatic rings. The second-order valence-electron chi connectivity index (χ2n) is 7.05. The molecule has 0 bridgehead atoms. The number of nitrogens with zero attached hydrogens (tertiary/aromatic N) is 2. The van der Waals surface area contributed by atoms with Crippen molar-refractivity contribution in [2.75, 3.05) is 18.0 Å². The SMILES string of the molecule is CC(C)(C)c1ccc(C(=O)NC2CCN(c3nccs3)C2)cc1. The number of hydrogen-bond acceptors (Lipinski definition) is 4. The zero-order chi connectivity index (χ0) is 16.4. The molecule has 0 aliphatic carbocycles. The van der Waals surface area contributed by atoms with Gasteiger partial charge in [0.2, 0.25) is 0 Å². The van der Waals surface area contributed by atoms with E-state index < -0.39 is 0 Å². The number of amides is 1. The quantitative estimate of drug-likeness (QED) is 0.938. The van der Waals surface area contributed by atoms with Crippen molar-refractivity contribution in [2.24, 2.45) is 0 Å². The molecule has 5 heteroatoms. The molecule has 23 heavy (non-hydrogen) atoms. The largest absolute Gasteiger partial charge is 0.347 e. The van der Waals surface area contributed by atoms with Crippen LogP contribution in [0.2, 0.25) is 0 Å². The minimum Gasteiger partial charge on any atom is -0.347 e. The van der Waals surface area contributed by atoms with Gasteiger partial charge in [-0.2, -0.15) is 0 Å². The molecule has 122 valence electrons. The molecule has 4 nitrogen and oxygen atoms in total. The van der Waals surface area contributed by atoms with E-state index in [-0.39, 0.29) is 17.4 Å². The van der Waals surface area contributed by atoms with Crippen molar-refractivity contribution in [2.45, 2.75) is 38.6 Å². The van der Waals surface area contributed by atoms with Crippen LogP contribution in [0.25, 0.3) is 0 Å². The minimum atomic E-state index is 0.0106. The van der Waals surface area contributed by atoms with E-state index in [2.05, 4.69) is 36.0 Å². The Morgan fingerprint density at radius 1 is 1.30 bits per heavy atom. The summed E-state index contributed by atoms with van der Waals surface area (Å²) in [5.74, 6) is 0.0106. The molecule has 0 radical (unpaired) electrons. The molecule has 3 rings (SSSR count). The van der Waals surface area contributed by atoms with Gasteiger partial charge in [-0.1, -0.05) is 32.9 Å². The van der Waals surface area contributed by atoms with Crippen LogP contribution in [0.1, 0.15) is 43.1 Å². The predicted molar refractivity (Wildman–Crippen MR) is 95.3 cm³/mol. The number of anilines is 1. The summed E-state index contributed by atoms with van der Waals surface area (Å²) in [4.78, 5) is 19.0. The summed E-state index contributed by atoms with van der Waals surface area (Å²) in [7, 11) is 0. The Labute approximate surface area is 141 Å². The lowest BCUT2D eigenvalue weighted by molar-refractivity contribution is 0.0940. The summed E-state index contributed by atoms with van der Waals surface area (Å²) in [5, 5.41) is 6.16. The molecule has 1 unspecified atom stereocenters. The number of aromatic nitrogens is 1. The van der Waals surface area contributed by atoms with Crippen LogP contribution < -0.4 is 10.2 Å². The molecule has 1 aromatic carbocycles. The van der Waals surface area contributed by atoms with Crippen molar-refractivity contribution in [1.29, 1.82) is 0 Å². The maximum atomic E-state index is 12.4. The average Bonchev–Trinajstić information content (AvgIpc) is 3.17. The van der Waals surface area contributed by atoms with Gasteiger partial charge in [0.25, 0.3) is 5.91 Å². The van der Waals surface area contributed by atoms with Crippen molar-refractivity contribution in [3.63, 3.8) is 0 Å². The van der Waals surface area contributed by atoms with Gasteiger partial charge >= 0.3 is 0 Å². The Morgan fingerprint density at radius 3 is 2.65 bits per heavy atom. The fraction of sp³-hybridized carbons (Fsp3) is 0.444. The summed E-state index contributed by atoms with van der Waals surface area (Å²) in [6.45, 7) is 8.30. The second-order valence-corrected chi connectivity index (χ2v) is 7.92. The third-order valence-corrected chi connectivity index (χ3v) is 5.06. The lowest BCUT2D eigenvalue weighted by Crippen LogP contribution is -2.37. The van der Waals surface area contributed by atoms with Crippen LogP contribution in [0.3, 0.4) is 0 Å². The van der Waals surface area contributed by atoms with Gasteiger partial charge in [0.05, 0.1) is 0 Å². The summed E-state index contributed by atoms with van der Waals surface area (Å²) in [5.41, 5.74) is 2.07. The van der Waals surface area contributed by atoms with Crippen LogP contribution in [0.4, 0.5) is 5.13 Å². The van der Waals surface area contributed by atoms with Crippen molar-refractivity contribution >= 4 is 22.4 Å². The highest BCUT2D eigenvalue weighted by Crippen LogP contribution is 2.24. The van der Waals surface area contributed by atoms with E-state index in [1.165, 1.54) is 5.56 Å². The van der Waals surface area contributed by atoms with E-state index in [9.17, 15) is 4.79 Å². The maximum Gasteiger partial charge on any atom is 0.251 e. The third kappa shape index (κ3) is 3.72. The van der Waals surface area contributed by atoms with Crippen molar-refractivity contribution in [3.8, 4) is 0 Å². The molecule has 2 heterocycles. The highest BCUT2D eigenvalue weighted by molar-refractivity contribution is 7.13. The second kappa shape index (κ2) is 6.32. The first-order chi connectivity index (χ1) is 10.9. The number of carbonyl (C=O) groups is 1. The van der Waals surface area contributed by atoms with Crippen LogP contribution in [0, 0.1) is 0 Å². The molecule has 1 aliphatic rings. The topological polar surface area (TPSA) is 45.2 Å². The molecule has 1 fully saturated rings. The molecule has 1 saturated heterocycles. The summed E-state index contributed by atoms with van der Waals surface area (Å²) < 4.78 is 0. The first-order valence-electron chi connectivity index (χ1n) is 7.99. The van der Waals surface area contributed by atoms with E-state index in [1.54, 1.807) is 11.3 Å². The molecular weight excluding hydrogens is 306 g/mol. The Balaban J connectivity index is 1.59. The van der Waals surface area contributed by atoms with Crippen molar-refractivity contribution in [1.82, 2.24) is 10.3 Å². The predicted octanol–water partition coefficient (Wildman–Crippen LogP) is 3.45. The first-order valence-corrected chi connectivity index (χ1v) is 8.87. The van der Waals surface area contributed by atoms with Crippen LogP contribution in [-0.2, 0) is 5.41 Å². The van der Waals surface area contributed by atoms with Gasteiger partial charge < -0.3 is 10.2 Å². The van der Waals surface area contributed by atoms with E-state index in [0.29, 0.717) is 0 Å². The molecule has 1 aromatic heterocycles. The lowest BCUT2D eigenvalue weighted by Gasteiger charge is -2.19. The fourth-order valence-electron chi connectivity index (χ4n) is 2.81. The van der Waals surface area contributed by atoms with Gasteiger partial charge in [0, 0.05) is 36.3 Å². The molecule has 1 N–H and O–H groups in total. The Hall–Kier alpha value is -1.88. The smallest absolute Gasteiger partial charge is 0.251 e. The Morgan fingerprint density at radius 2 is 2.04 bits per heavy atom. The van der Waals surface area contributed by atoms with E-state index in [0.717, 1.165) is 30.2 Å². The number of nitrogens with one attached hydrogen (secondary N) is 1. The van der Waals surface area contributed by atoms with E-state index in [4.69, 9.17) is 0 Å². The monoisotopic (exact) mass is 329 g/mol. The summed E-state index contributed by atoms with van der Waals surface area (Å²) in [6.07, 6.45) is 2.79. The van der Waals surface area contributed by atoms with Crippen LogP contribution in [0.5, 0.6) is 0 Å². The summed E-state index contributed by atoms with van der Waals surface area (Å²) >= 11 is 1.64. The third-order valence-electron chi connectivity index (χ3n) is 4.23. The highest BCUT2D eigenvalue weighted by Gasteiger charge is 2.25. The normalized spacial score (nSPS) is 18.2. The molecular formula is C18H23N3OS. The maximum absolute atomic E-state index is 12.4. The van der Waals surface area contributed by atoms with Gasteiger partial charge in [-0.3, -0.25) is 4.79 Å². The number of benzene rings is 1. The van der Waals surface area contributed by atoms with Crippen LogP contribution in [0.15, 0.2) is 35.8 Å². The van der Waals surface area contributed by atoms with Gasteiger partial charge in [0.1, 0.15) is 0 Å². The lowest BCUT2D eigenvalue weighted by atomic mass is 9.86. The van der Waals surface area contributed by atoms with Gasteiger partial charge in [-0.05, 0) is 29.5 Å². The summed E-state index contributed by atoms with van der Waals surface area (Å²) in [6, 6.07) is 8.12. The van der Waals surface area contributed by atoms with Crippen molar-refractivity contribution < 1.29 is 4.79 Å². The fourth-order valence-corrected chi connectivity index (χ4v) is 3.49.